The Kier molecular flexibility index (Phi) is 1.81. The van der Waals surface area contributed by atoms with E-state index in [0.29, 0.717) is 0 Å². The fourth-order valence-corrected chi connectivity index (χ4v) is 2.15. The minimum absolute atomic E-state index is 0.236. The van der Waals surface area contributed by atoms with Crippen LogP contribution in [0.1, 0.15) is 18.4 Å². The van der Waals surface area contributed by atoms with E-state index in [1.807, 2.05) is 24.3 Å². The van der Waals surface area contributed by atoms with Crippen LogP contribution in [0.5, 0.6) is 5.75 Å². The quantitative estimate of drug-likeness (QED) is 0.777. The van der Waals surface area contributed by atoms with Gasteiger partial charge in [0.05, 0.1) is 5.41 Å². The van der Waals surface area contributed by atoms with Gasteiger partial charge >= 0.3 is 0 Å². The van der Waals surface area contributed by atoms with Gasteiger partial charge in [-0.05, 0) is 41.3 Å². The number of hydrogen-bond acceptors (Lipinski definition) is 2. The molecule has 0 amide bonds. The minimum atomic E-state index is -0.236. The summed E-state index contributed by atoms with van der Waals surface area (Å²) < 4.78 is 0. The van der Waals surface area contributed by atoms with E-state index in [2.05, 4.69) is 0 Å². The van der Waals surface area contributed by atoms with Gasteiger partial charge in [-0.3, -0.25) is 0 Å². The standard InChI is InChI=1S/C14H12O2/c15-9-14(5-6-14)12-3-1-10-2-4-13(16)8-11(10)7-12/h1-4,7-9,16H,5-6H2. The number of aromatic hydroxyl groups is 1. The first-order valence-electron chi connectivity index (χ1n) is 5.43. The summed E-state index contributed by atoms with van der Waals surface area (Å²) in [7, 11) is 0. The Bertz CT molecular complexity index is 568. The number of benzene rings is 2. The normalized spacial score (nSPS) is 17.2. The zero-order valence-corrected chi connectivity index (χ0v) is 8.81. The predicted molar refractivity (Wildman–Crippen MR) is 62.6 cm³/mol. The summed E-state index contributed by atoms with van der Waals surface area (Å²) in [5.74, 6) is 0.264. The number of carbonyl (C=O) groups excluding carboxylic acids is 1. The lowest BCUT2D eigenvalue weighted by Crippen LogP contribution is -2.07. The highest BCUT2D eigenvalue weighted by Crippen LogP contribution is 2.46. The van der Waals surface area contributed by atoms with E-state index in [1.54, 1.807) is 12.1 Å². The lowest BCUT2D eigenvalue weighted by molar-refractivity contribution is -0.109. The van der Waals surface area contributed by atoms with Crippen molar-refractivity contribution < 1.29 is 9.90 Å². The molecule has 0 aliphatic heterocycles. The minimum Gasteiger partial charge on any atom is -0.508 e. The molecule has 0 radical (unpaired) electrons. The number of phenolic OH excluding ortho intramolecular Hbond substituents is 1. The summed E-state index contributed by atoms with van der Waals surface area (Å²) in [6.45, 7) is 0. The molecule has 0 bridgehead atoms. The smallest absolute Gasteiger partial charge is 0.130 e. The van der Waals surface area contributed by atoms with Crippen LogP contribution in [-0.2, 0) is 10.2 Å². The fraction of sp³-hybridized carbons (Fsp3) is 0.214. The second-order valence-electron chi connectivity index (χ2n) is 4.52. The molecule has 2 aromatic rings. The van der Waals surface area contributed by atoms with E-state index < -0.39 is 0 Å². The topological polar surface area (TPSA) is 37.3 Å². The van der Waals surface area contributed by atoms with Crippen LogP contribution < -0.4 is 0 Å². The molecule has 0 aromatic heterocycles. The van der Waals surface area contributed by atoms with Gasteiger partial charge in [0, 0.05) is 0 Å². The molecule has 0 saturated heterocycles. The highest BCUT2D eigenvalue weighted by Gasteiger charge is 2.44. The monoisotopic (exact) mass is 212 g/mol. The molecule has 0 atom stereocenters. The van der Waals surface area contributed by atoms with Crippen molar-refractivity contribution in [3.63, 3.8) is 0 Å². The van der Waals surface area contributed by atoms with Crippen molar-refractivity contribution in [2.24, 2.45) is 0 Å². The van der Waals surface area contributed by atoms with Crippen molar-refractivity contribution in [3.8, 4) is 5.75 Å². The van der Waals surface area contributed by atoms with E-state index in [9.17, 15) is 9.90 Å². The fourth-order valence-electron chi connectivity index (χ4n) is 2.15. The zero-order chi connectivity index (χ0) is 11.2. The van der Waals surface area contributed by atoms with Gasteiger partial charge in [0.1, 0.15) is 12.0 Å². The molecule has 0 heterocycles. The summed E-state index contributed by atoms with van der Waals surface area (Å²) in [5.41, 5.74) is 0.834. The highest BCUT2D eigenvalue weighted by molar-refractivity contribution is 5.86. The first kappa shape index (κ1) is 9.40. The number of hydrogen-bond donors (Lipinski definition) is 1. The van der Waals surface area contributed by atoms with Crippen molar-refractivity contribution in [1.82, 2.24) is 0 Å². The van der Waals surface area contributed by atoms with Crippen LogP contribution >= 0.6 is 0 Å². The SMILES string of the molecule is O=CC1(c2ccc3ccc(O)cc3c2)CC1. The van der Waals surface area contributed by atoms with Crippen molar-refractivity contribution in [2.45, 2.75) is 18.3 Å². The first-order chi connectivity index (χ1) is 7.73. The molecule has 80 valence electrons. The molecular weight excluding hydrogens is 200 g/mol. The molecule has 3 rings (SSSR count). The van der Waals surface area contributed by atoms with Gasteiger partial charge in [-0.15, -0.1) is 0 Å². The number of fused-ring (bicyclic) bond motifs is 1. The van der Waals surface area contributed by atoms with Crippen molar-refractivity contribution >= 4 is 17.1 Å². The van der Waals surface area contributed by atoms with Gasteiger partial charge in [0.15, 0.2) is 0 Å². The van der Waals surface area contributed by atoms with Crippen LogP contribution in [0.2, 0.25) is 0 Å². The maximum Gasteiger partial charge on any atom is 0.130 e. The molecular formula is C14H12O2. The maximum absolute atomic E-state index is 11.0. The zero-order valence-electron chi connectivity index (χ0n) is 8.81. The summed E-state index contributed by atoms with van der Waals surface area (Å²) >= 11 is 0. The predicted octanol–water partition coefficient (Wildman–Crippen LogP) is 2.78. The lowest BCUT2D eigenvalue weighted by atomic mass is 9.95. The molecule has 0 spiro atoms. The lowest BCUT2D eigenvalue weighted by Gasteiger charge is -2.08. The molecule has 2 nitrogen and oxygen atoms in total. The Morgan fingerprint density at radius 2 is 1.81 bits per heavy atom. The van der Waals surface area contributed by atoms with E-state index in [1.165, 1.54) is 0 Å². The molecule has 16 heavy (non-hydrogen) atoms. The summed E-state index contributed by atoms with van der Waals surface area (Å²) in [6, 6.07) is 11.3. The van der Waals surface area contributed by atoms with Gasteiger partial charge in [-0.1, -0.05) is 24.3 Å². The van der Waals surface area contributed by atoms with Crippen LogP contribution in [0.4, 0.5) is 0 Å². The van der Waals surface area contributed by atoms with Crippen LogP contribution in [0.3, 0.4) is 0 Å². The molecule has 1 fully saturated rings. The third kappa shape index (κ3) is 1.30. The number of rotatable bonds is 2. The Hall–Kier alpha value is -1.83. The first-order valence-corrected chi connectivity index (χ1v) is 5.43. The maximum atomic E-state index is 11.0. The summed E-state index contributed by atoms with van der Waals surface area (Å²) in [4.78, 5) is 11.0. The molecule has 0 unspecified atom stereocenters. The number of phenols is 1. The Morgan fingerprint density at radius 1 is 1.06 bits per heavy atom. The van der Waals surface area contributed by atoms with E-state index in [4.69, 9.17) is 0 Å². The third-order valence-corrected chi connectivity index (χ3v) is 3.41. The van der Waals surface area contributed by atoms with Gasteiger partial charge in [0.2, 0.25) is 0 Å². The van der Waals surface area contributed by atoms with Crippen LogP contribution in [-0.4, -0.2) is 11.4 Å². The molecule has 1 saturated carbocycles. The van der Waals surface area contributed by atoms with E-state index in [-0.39, 0.29) is 11.2 Å². The molecule has 1 N–H and O–H groups in total. The van der Waals surface area contributed by atoms with Crippen molar-refractivity contribution in [1.29, 1.82) is 0 Å². The second-order valence-corrected chi connectivity index (χ2v) is 4.52. The molecule has 1 aliphatic rings. The van der Waals surface area contributed by atoms with Gasteiger partial charge in [-0.2, -0.15) is 0 Å². The van der Waals surface area contributed by atoms with Crippen LogP contribution in [0.15, 0.2) is 36.4 Å². The number of carbonyl (C=O) groups is 1. The number of aldehydes is 1. The van der Waals surface area contributed by atoms with Crippen LogP contribution in [0, 0.1) is 0 Å². The average Bonchev–Trinajstić information content (AvgIpc) is 3.09. The van der Waals surface area contributed by atoms with Gasteiger partial charge < -0.3 is 9.90 Å². The summed E-state index contributed by atoms with van der Waals surface area (Å²) in [6.07, 6.45) is 2.94. The van der Waals surface area contributed by atoms with E-state index >= 15 is 0 Å². The Labute approximate surface area is 93.5 Å². The van der Waals surface area contributed by atoms with E-state index in [0.717, 1.165) is 35.5 Å². The highest BCUT2D eigenvalue weighted by atomic mass is 16.3. The molecule has 2 aromatic carbocycles. The summed E-state index contributed by atoms with van der Waals surface area (Å²) in [5, 5.41) is 11.5. The molecule has 2 heteroatoms. The van der Waals surface area contributed by atoms with Crippen molar-refractivity contribution in [2.75, 3.05) is 0 Å². The Morgan fingerprint density at radius 3 is 2.50 bits per heavy atom. The third-order valence-electron chi connectivity index (χ3n) is 3.41. The van der Waals surface area contributed by atoms with Crippen molar-refractivity contribution in [3.05, 3.63) is 42.0 Å². The largest absolute Gasteiger partial charge is 0.508 e. The molecule has 1 aliphatic carbocycles. The second kappa shape index (κ2) is 3.08. The Balaban J connectivity index is 2.18. The van der Waals surface area contributed by atoms with Gasteiger partial charge in [0.25, 0.3) is 0 Å². The average molecular weight is 212 g/mol. The van der Waals surface area contributed by atoms with Crippen LogP contribution in [0.25, 0.3) is 10.8 Å². The van der Waals surface area contributed by atoms with Gasteiger partial charge in [-0.25, -0.2) is 0 Å².